The second-order valence-corrected chi connectivity index (χ2v) is 4.92. The third-order valence-electron chi connectivity index (χ3n) is 3.38. The van der Waals surface area contributed by atoms with Crippen molar-refractivity contribution in [1.29, 1.82) is 0 Å². The van der Waals surface area contributed by atoms with Gasteiger partial charge in [0.15, 0.2) is 0 Å². The summed E-state index contributed by atoms with van der Waals surface area (Å²) < 4.78 is 39.9. The van der Waals surface area contributed by atoms with Crippen LogP contribution in [-0.2, 0) is 4.79 Å². The minimum Gasteiger partial charge on any atom is -0.480 e. The number of benzene rings is 1. The van der Waals surface area contributed by atoms with Crippen LogP contribution in [0.15, 0.2) is 24.3 Å². The van der Waals surface area contributed by atoms with E-state index < -0.39 is 30.0 Å². The second-order valence-electron chi connectivity index (χ2n) is 4.92. The molecule has 8 heteroatoms. The lowest BCUT2D eigenvalue weighted by Gasteiger charge is -2.33. The smallest absolute Gasteiger partial charge is 0.480 e. The fourth-order valence-electron chi connectivity index (χ4n) is 2.40. The van der Waals surface area contributed by atoms with E-state index in [-0.39, 0.29) is 5.56 Å². The van der Waals surface area contributed by atoms with Gasteiger partial charge in [0, 0.05) is 12.1 Å². The van der Waals surface area contributed by atoms with Gasteiger partial charge < -0.3 is 14.7 Å². The summed E-state index contributed by atoms with van der Waals surface area (Å²) in [6.07, 6.45) is -3.01. The standard InChI is InChI=1S/C14H14F3NO4/c15-14(16,17)22-10-6-4-9(5-7-10)12(19)18-8-2-1-3-11(18)13(20)21/h4-7,11H,1-3,8H2,(H,20,21). The summed E-state index contributed by atoms with van der Waals surface area (Å²) in [5.74, 6) is -2.02. The predicted molar refractivity (Wildman–Crippen MR) is 69.4 cm³/mol. The van der Waals surface area contributed by atoms with Gasteiger partial charge in [0.05, 0.1) is 0 Å². The van der Waals surface area contributed by atoms with Gasteiger partial charge in [0.25, 0.3) is 5.91 Å². The van der Waals surface area contributed by atoms with Crippen LogP contribution in [0, 0.1) is 0 Å². The third-order valence-corrected chi connectivity index (χ3v) is 3.38. The number of hydrogen-bond acceptors (Lipinski definition) is 3. The lowest BCUT2D eigenvalue weighted by Crippen LogP contribution is -2.47. The molecular weight excluding hydrogens is 303 g/mol. The van der Waals surface area contributed by atoms with E-state index in [9.17, 15) is 22.8 Å². The predicted octanol–water partition coefficient (Wildman–Crippen LogP) is 2.66. The molecule has 0 spiro atoms. The number of piperidine rings is 1. The van der Waals surface area contributed by atoms with Crippen LogP contribution in [0.5, 0.6) is 5.75 Å². The van der Waals surface area contributed by atoms with Crippen LogP contribution < -0.4 is 4.74 Å². The van der Waals surface area contributed by atoms with E-state index in [1.54, 1.807) is 0 Å². The van der Waals surface area contributed by atoms with Gasteiger partial charge in [0.1, 0.15) is 11.8 Å². The maximum atomic E-state index is 12.3. The number of rotatable bonds is 3. The number of carbonyl (C=O) groups excluding carboxylic acids is 1. The largest absolute Gasteiger partial charge is 0.573 e. The van der Waals surface area contributed by atoms with Gasteiger partial charge in [-0.1, -0.05) is 0 Å². The molecule has 1 fully saturated rings. The van der Waals surface area contributed by atoms with E-state index >= 15 is 0 Å². The Kier molecular flexibility index (Phi) is 4.58. The van der Waals surface area contributed by atoms with Crippen LogP contribution in [0.1, 0.15) is 29.6 Å². The van der Waals surface area contributed by atoms with Crippen molar-refractivity contribution in [2.45, 2.75) is 31.7 Å². The number of likely N-dealkylation sites (tertiary alicyclic amines) is 1. The summed E-state index contributed by atoms with van der Waals surface area (Å²) in [6, 6.07) is 3.54. The summed E-state index contributed by atoms with van der Waals surface area (Å²) in [4.78, 5) is 24.7. The van der Waals surface area contributed by atoms with Crippen LogP contribution in [0.3, 0.4) is 0 Å². The van der Waals surface area contributed by atoms with E-state index in [4.69, 9.17) is 5.11 Å². The molecule has 1 aliphatic rings. The number of carbonyl (C=O) groups is 2. The van der Waals surface area contributed by atoms with Gasteiger partial charge in [-0.15, -0.1) is 13.2 Å². The summed E-state index contributed by atoms with van der Waals surface area (Å²) in [7, 11) is 0. The molecule has 1 amide bonds. The van der Waals surface area contributed by atoms with E-state index in [1.807, 2.05) is 0 Å². The zero-order valence-electron chi connectivity index (χ0n) is 11.5. The normalized spacial score (nSPS) is 18.9. The van der Waals surface area contributed by atoms with Crippen molar-refractivity contribution >= 4 is 11.9 Å². The van der Waals surface area contributed by atoms with Crippen molar-refractivity contribution in [3.63, 3.8) is 0 Å². The highest BCUT2D eigenvalue weighted by Crippen LogP contribution is 2.24. The zero-order chi connectivity index (χ0) is 16.3. The highest BCUT2D eigenvalue weighted by atomic mass is 19.4. The number of carboxylic acids is 1. The Morgan fingerprint density at radius 3 is 2.36 bits per heavy atom. The molecule has 22 heavy (non-hydrogen) atoms. The molecule has 1 heterocycles. The summed E-state index contributed by atoms with van der Waals surface area (Å²) in [6.45, 7) is 0.316. The minimum absolute atomic E-state index is 0.127. The molecule has 0 bridgehead atoms. The van der Waals surface area contributed by atoms with Crippen LogP contribution >= 0.6 is 0 Å². The third kappa shape index (κ3) is 3.90. The van der Waals surface area contributed by atoms with Gasteiger partial charge in [0.2, 0.25) is 0 Å². The topological polar surface area (TPSA) is 66.8 Å². The molecule has 0 aliphatic carbocycles. The molecular formula is C14H14F3NO4. The number of halogens is 3. The van der Waals surface area contributed by atoms with Crippen molar-refractivity contribution in [2.75, 3.05) is 6.54 Å². The average Bonchev–Trinajstić information content (AvgIpc) is 2.45. The fraction of sp³-hybridized carbons (Fsp3) is 0.429. The number of alkyl halides is 3. The first-order valence-corrected chi connectivity index (χ1v) is 6.67. The lowest BCUT2D eigenvalue weighted by atomic mass is 10.0. The molecule has 0 saturated carbocycles. The van der Waals surface area contributed by atoms with Crippen LogP contribution in [-0.4, -0.2) is 40.8 Å². The van der Waals surface area contributed by atoms with Gasteiger partial charge in [-0.3, -0.25) is 4.79 Å². The van der Waals surface area contributed by atoms with E-state index in [0.29, 0.717) is 19.4 Å². The molecule has 1 unspecified atom stereocenters. The first-order valence-electron chi connectivity index (χ1n) is 6.67. The minimum atomic E-state index is -4.80. The first-order chi connectivity index (χ1) is 10.3. The molecule has 1 aromatic carbocycles. The van der Waals surface area contributed by atoms with Gasteiger partial charge in [-0.25, -0.2) is 4.79 Å². The Labute approximate surface area is 124 Å². The summed E-state index contributed by atoms with van der Waals surface area (Å²) >= 11 is 0. The van der Waals surface area contributed by atoms with Crippen LogP contribution in [0.2, 0.25) is 0 Å². The number of hydrogen-bond donors (Lipinski definition) is 1. The van der Waals surface area contributed by atoms with Crippen molar-refractivity contribution in [3.8, 4) is 5.75 Å². The van der Waals surface area contributed by atoms with Gasteiger partial charge >= 0.3 is 12.3 Å². The summed E-state index contributed by atoms with van der Waals surface area (Å²) in [5, 5.41) is 9.14. The molecule has 0 aromatic heterocycles. The monoisotopic (exact) mass is 317 g/mol. The van der Waals surface area contributed by atoms with E-state index in [0.717, 1.165) is 18.6 Å². The zero-order valence-corrected chi connectivity index (χ0v) is 11.5. The summed E-state index contributed by atoms with van der Waals surface area (Å²) in [5.41, 5.74) is 0.127. The van der Waals surface area contributed by atoms with Crippen LogP contribution in [0.4, 0.5) is 13.2 Å². The molecule has 120 valence electrons. The Morgan fingerprint density at radius 2 is 1.82 bits per heavy atom. The van der Waals surface area contributed by atoms with Gasteiger partial charge in [-0.05, 0) is 43.5 Å². The fourth-order valence-corrected chi connectivity index (χ4v) is 2.40. The van der Waals surface area contributed by atoms with E-state index in [2.05, 4.69) is 4.74 Å². The Bertz CT molecular complexity index is 556. The maximum Gasteiger partial charge on any atom is 0.573 e. The number of nitrogens with zero attached hydrogens (tertiary/aromatic N) is 1. The van der Waals surface area contributed by atoms with E-state index in [1.165, 1.54) is 17.0 Å². The van der Waals surface area contributed by atoms with Crippen molar-refractivity contribution < 1.29 is 32.6 Å². The van der Waals surface area contributed by atoms with Crippen molar-refractivity contribution in [2.24, 2.45) is 0 Å². The first kappa shape index (κ1) is 16.1. The molecule has 5 nitrogen and oxygen atoms in total. The Balaban J connectivity index is 2.13. The molecule has 1 saturated heterocycles. The van der Waals surface area contributed by atoms with Crippen LogP contribution in [0.25, 0.3) is 0 Å². The molecule has 1 N–H and O–H groups in total. The second kappa shape index (κ2) is 6.25. The number of carboxylic acid groups (broad SMARTS) is 1. The SMILES string of the molecule is O=C(O)C1CCCCN1C(=O)c1ccc(OC(F)(F)F)cc1. The van der Waals surface area contributed by atoms with Crippen molar-refractivity contribution in [1.82, 2.24) is 4.90 Å². The lowest BCUT2D eigenvalue weighted by molar-refractivity contribution is -0.274. The Hall–Kier alpha value is -2.25. The maximum absolute atomic E-state index is 12.3. The quantitative estimate of drug-likeness (QED) is 0.931. The molecule has 0 radical (unpaired) electrons. The number of aliphatic carboxylic acids is 1. The number of ether oxygens (including phenoxy) is 1. The molecule has 2 rings (SSSR count). The van der Waals surface area contributed by atoms with Crippen molar-refractivity contribution in [3.05, 3.63) is 29.8 Å². The highest BCUT2D eigenvalue weighted by molar-refractivity contribution is 5.96. The average molecular weight is 317 g/mol. The molecule has 1 aliphatic heterocycles. The molecule has 1 aromatic rings. The Morgan fingerprint density at radius 1 is 1.18 bits per heavy atom. The number of amides is 1. The van der Waals surface area contributed by atoms with Gasteiger partial charge in [-0.2, -0.15) is 0 Å². The molecule has 1 atom stereocenters. The highest BCUT2D eigenvalue weighted by Gasteiger charge is 2.33.